The molecule has 1 heterocycles. The van der Waals surface area contributed by atoms with Gasteiger partial charge in [0.15, 0.2) is 0 Å². The van der Waals surface area contributed by atoms with Crippen molar-refractivity contribution in [1.29, 1.82) is 0 Å². The van der Waals surface area contributed by atoms with Gasteiger partial charge in [0, 0.05) is 4.47 Å². The highest BCUT2D eigenvalue weighted by atomic mass is 79.9. The molecule has 0 aromatic heterocycles. The summed E-state index contributed by atoms with van der Waals surface area (Å²) < 4.78 is 38.2. The smallest absolute Gasteiger partial charge is 0.295 e. The van der Waals surface area contributed by atoms with Crippen molar-refractivity contribution in [2.24, 2.45) is 0 Å². The second kappa shape index (κ2) is 4.79. The summed E-state index contributed by atoms with van der Waals surface area (Å²) >= 11 is 8.70. The van der Waals surface area contributed by atoms with Crippen LogP contribution in [0.1, 0.15) is 17.0 Å². The van der Waals surface area contributed by atoms with Crippen molar-refractivity contribution in [3.8, 4) is 0 Å². The lowest BCUT2D eigenvalue weighted by molar-refractivity contribution is -0.137. The maximum absolute atomic E-state index is 12.7. The standard InChI is InChI=1S/C11H6BrClF3NO2/c12-6-2-4(1-5(3-6)11(14,15)16)7-8(13)10(19)17-9(7)18/h1-3,7-8H,(H,17,18,19). The maximum Gasteiger partial charge on any atom is 0.416 e. The summed E-state index contributed by atoms with van der Waals surface area (Å²) in [5.41, 5.74) is -0.863. The number of rotatable bonds is 1. The van der Waals surface area contributed by atoms with Crippen molar-refractivity contribution in [2.75, 3.05) is 0 Å². The van der Waals surface area contributed by atoms with Gasteiger partial charge < -0.3 is 0 Å². The number of halogens is 5. The van der Waals surface area contributed by atoms with E-state index in [1.807, 2.05) is 5.32 Å². The van der Waals surface area contributed by atoms with Crippen molar-refractivity contribution in [1.82, 2.24) is 5.32 Å². The van der Waals surface area contributed by atoms with Crippen LogP contribution in [0.25, 0.3) is 0 Å². The quantitative estimate of drug-likeness (QED) is 0.621. The lowest BCUT2D eigenvalue weighted by atomic mass is 9.95. The molecular weight excluding hydrogens is 350 g/mol. The monoisotopic (exact) mass is 355 g/mol. The number of amides is 2. The molecule has 0 radical (unpaired) electrons. The third-order valence-electron chi connectivity index (χ3n) is 2.68. The second-order valence-electron chi connectivity index (χ2n) is 4.00. The normalized spacial score (nSPS) is 23.6. The SMILES string of the molecule is O=C1NC(=O)C(c2cc(Br)cc(C(F)(F)F)c2)C1Cl. The Hall–Kier alpha value is -1.08. The largest absolute Gasteiger partial charge is 0.416 e. The average Bonchev–Trinajstić information content (AvgIpc) is 2.51. The molecule has 0 bridgehead atoms. The minimum Gasteiger partial charge on any atom is -0.295 e. The number of alkyl halides is 4. The van der Waals surface area contributed by atoms with Gasteiger partial charge in [-0.3, -0.25) is 14.9 Å². The van der Waals surface area contributed by atoms with Gasteiger partial charge in [-0.25, -0.2) is 0 Å². The Bertz CT molecular complexity index is 561. The highest BCUT2D eigenvalue weighted by Gasteiger charge is 2.42. The van der Waals surface area contributed by atoms with Gasteiger partial charge in [0.1, 0.15) is 5.38 Å². The predicted molar refractivity (Wildman–Crippen MR) is 64.7 cm³/mol. The van der Waals surface area contributed by atoms with Crippen LogP contribution in [-0.2, 0) is 15.8 Å². The van der Waals surface area contributed by atoms with Gasteiger partial charge >= 0.3 is 6.18 Å². The van der Waals surface area contributed by atoms with Crippen LogP contribution in [0.15, 0.2) is 22.7 Å². The molecule has 19 heavy (non-hydrogen) atoms. The van der Waals surface area contributed by atoms with Crippen molar-refractivity contribution < 1.29 is 22.8 Å². The van der Waals surface area contributed by atoms with Crippen LogP contribution in [0.3, 0.4) is 0 Å². The number of carbonyl (C=O) groups is 2. The van der Waals surface area contributed by atoms with E-state index in [4.69, 9.17) is 11.6 Å². The van der Waals surface area contributed by atoms with E-state index in [1.165, 1.54) is 6.07 Å². The first-order chi connectivity index (χ1) is 8.70. The summed E-state index contributed by atoms with van der Waals surface area (Å²) in [5.74, 6) is -2.52. The van der Waals surface area contributed by atoms with Crippen molar-refractivity contribution in [2.45, 2.75) is 17.5 Å². The van der Waals surface area contributed by atoms with E-state index in [0.29, 0.717) is 0 Å². The van der Waals surface area contributed by atoms with E-state index in [-0.39, 0.29) is 10.0 Å². The van der Waals surface area contributed by atoms with Gasteiger partial charge in [-0.1, -0.05) is 15.9 Å². The summed E-state index contributed by atoms with van der Waals surface area (Å²) in [6, 6.07) is 3.05. The molecule has 102 valence electrons. The Morgan fingerprint density at radius 2 is 1.79 bits per heavy atom. The zero-order chi connectivity index (χ0) is 14.4. The van der Waals surface area contributed by atoms with Gasteiger partial charge in [-0.05, 0) is 23.8 Å². The number of hydrogen-bond donors (Lipinski definition) is 1. The van der Waals surface area contributed by atoms with E-state index in [0.717, 1.165) is 12.1 Å². The van der Waals surface area contributed by atoms with E-state index in [9.17, 15) is 22.8 Å². The second-order valence-corrected chi connectivity index (χ2v) is 5.39. The maximum atomic E-state index is 12.7. The van der Waals surface area contributed by atoms with Gasteiger partial charge in [0.25, 0.3) is 0 Å². The number of imide groups is 1. The lowest BCUT2D eigenvalue weighted by Gasteiger charge is -2.14. The van der Waals surface area contributed by atoms with Crippen molar-refractivity contribution in [3.63, 3.8) is 0 Å². The van der Waals surface area contributed by atoms with Crippen LogP contribution in [0.2, 0.25) is 0 Å². The third kappa shape index (κ3) is 2.76. The zero-order valence-corrected chi connectivity index (χ0v) is 11.4. The zero-order valence-electron chi connectivity index (χ0n) is 9.09. The molecule has 2 amide bonds. The van der Waals surface area contributed by atoms with Crippen LogP contribution in [0, 0.1) is 0 Å². The summed E-state index contributed by atoms with van der Waals surface area (Å²) in [4.78, 5) is 22.8. The van der Waals surface area contributed by atoms with Crippen molar-refractivity contribution in [3.05, 3.63) is 33.8 Å². The van der Waals surface area contributed by atoms with E-state index < -0.39 is 34.8 Å². The topological polar surface area (TPSA) is 46.2 Å². The number of nitrogens with one attached hydrogen (secondary N) is 1. The molecule has 8 heteroatoms. The molecule has 1 aliphatic rings. The summed E-state index contributed by atoms with van der Waals surface area (Å²) in [7, 11) is 0. The molecule has 1 aromatic rings. The van der Waals surface area contributed by atoms with Crippen molar-refractivity contribution >= 4 is 39.3 Å². The average molecular weight is 357 g/mol. The molecule has 0 aliphatic carbocycles. The minimum atomic E-state index is -4.54. The highest BCUT2D eigenvalue weighted by Crippen LogP contribution is 2.36. The number of benzene rings is 1. The first-order valence-corrected chi connectivity index (χ1v) is 6.29. The van der Waals surface area contributed by atoms with Crippen LogP contribution in [0.4, 0.5) is 13.2 Å². The van der Waals surface area contributed by atoms with E-state index in [1.54, 1.807) is 0 Å². The molecule has 1 fully saturated rings. The fraction of sp³-hybridized carbons (Fsp3) is 0.273. The molecule has 2 rings (SSSR count). The van der Waals surface area contributed by atoms with Gasteiger partial charge in [-0.2, -0.15) is 13.2 Å². The molecule has 1 saturated heterocycles. The van der Waals surface area contributed by atoms with Gasteiger partial charge in [0.05, 0.1) is 11.5 Å². The fourth-order valence-corrected chi connectivity index (χ4v) is 2.65. The summed E-state index contributed by atoms with van der Waals surface area (Å²) in [5, 5.41) is 0.781. The summed E-state index contributed by atoms with van der Waals surface area (Å²) in [6.07, 6.45) is -4.54. The minimum absolute atomic E-state index is 0.0463. The highest BCUT2D eigenvalue weighted by molar-refractivity contribution is 9.10. The summed E-state index contributed by atoms with van der Waals surface area (Å²) in [6.45, 7) is 0. The van der Waals surface area contributed by atoms with Crippen LogP contribution >= 0.6 is 27.5 Å². The molecule has 2 unspecified atom stereocenters. The third-order valence-corrected chi connectivity index (χ3v) is 3.59. The fourth-order valence-electron chi connectivity index (χ4n) is 1.83. The molecular formula is C11H6BrClF3NO2. The number of hydrogen-bond acceptors (Lipinski definition) is 2. The lowest BCUT2D eigenvalue weighted by Crippen LogP contribution is -2.22. The molecule has 0 spiro atoms. The Kier molecular flexibility index (Phi) is 3.61. The van der Waals surface area contributed by atoms with E-state index >= 15 is 0 Å². The first-order valence-electron chi connectivity index (χ1n) is 5.06. The molecule has 3 nitrogen and oxygen atoms in total. The molecule has 2 atom stereocenters. The molecule has 1 aliphatic heterocycles. The Morgan fingerprint density at radius 3 is 2.26 bits per heavy atom. The van der Waals surface area contributed by atoms with Crippen LogP contribution < -0.4 is 5.32 Å². The molecule has 1 aromatic carbocycles. The van der Waals surface area contributed by atoms with Crippen LogP contribution in [0.5, 0.6) is 0 Å². The van der Waals surface area contributed by atoms with Gasteiger partial charge in [-0.15, -0.1) is 11.6 Å². The molecule has 1 N–H and O–H groups in total. The van der Waals surface area contributed by atoms with Crippen LogP contribution in [-0.4, -0.2) is 17.2 Å². The Labute approximate surface area is 119 Å². The number of carbonyl (C=O) groups excluding carboxylic acids is 2. The predicted octanol–water partition coefficient (Wildman–Crippen LogP) is 2.82. The first kappa shape index (κ1) is 14.3. The molecule has 0 saturated carbocycles. The van der Waals surface area contributed by atoms with E-state index in [2.05, 4.69) is 15.9 Å². The Balaban J connectivity index is 2.49. The Morgan fingerprint density at radius 1 is 1.16 bits per heavy atom. The van der Waals surface area contributed by atoms with Gasteiger partial charge in [0.2, 0.25) is 11.8 Å².